The average Bonchev–Trinajstić information content (AvgIpc) is 2.88. The highest BCUT2D eigenvalue weighted by Crippen LogP contribution is 2.46. The Labute approximate surface area is 109 Å². The zero-order valence-electron chi connectivity index (χ0n) is 10.9. The molecule has 1 N–H and O–H groups in total. The topological polar surface area (TPSA) is 36.4 Å². The lowest BCUT2D eigenvalue weighted by atomic mass is 9.77. The molecule has 1 saturated heterocycles. The molecule has 0 aromatic carbocycles. The second kappa shape index (κ2) is 4.88. The molecule has 0 atom stereocenters. The van der Waals surface area contributed by atoms with Gasteiger partial charge in [-0.2, -0.15) is 0 Å². The SMILES string of the molecule is OCc1cc(N2CCC3(CCCC3)CC2)ccn1. The van der Waals surface area contributed by atoms with Crippen molar-refractivity contribution in [2.75, 3.05) is 18.0 Å². The smallest absolute Gasteiger partial charge is 0.0853 e. The summed E-state index contributed by atoms with van der Waals surface area (Å²) in [6, 6.07) is 4.08. The van der Waals surface area contributed by atoms with Gasteiger partial charge < -0.3 is 10.0 Å². The molecule has 1 aliphatic heterocycles. The first-order valence-corrected chi connectivity index (χ1v) is 7.12. The molecule has 0 radical (unpaired) electrons. The largest absolute Gasteiger partial charge is 0.390 e. The Balaban J connectivity index is 1.68. The number of aromatic nitrogens is 1. The van der Waals surface area contributed by atoms with Crippen LogP contribution in [0.3, 0.4) is 0 Å². The van der Waals surface area contributed by atoms with Gasteiger partial charge in [-0.05, 0) is 43.2 Å². The van der Waals surface area contributed by atoms with Crippen molar-refractivity contribution in [1.82, 2.24) is 4.98 Å². The van der Waals surface area contributed by atoms with Crippen LogP contribution in [0, 0.1) is 5.41 Å². The van der Waals surface area contributed by atoms with Crippen LogP contribution >= 0.6 is 0 Å². The van der Waals surface area contributed by atoms with E-state index in [0.717, 1.165) is 18.8 Å². The molecule has 0 amide bonds. The molecule has 18 heavy (non-hydrogen) atoms. The predicted octanol–water partition coefficient (Wildman–Crippen LogP) is 2.73. The van der Waals surface area contributed by atoms with Crippen LogP contribution in [0.25, 0.3) is 0 Å². The fourth-order valence-electron chi connectivity index (χ4n) is 3.61. The van der Waals surface area contributed by atoms with E-state index < -0.39 is 0 Å². The maximum absolute atomic E-state index is 9.15. The molecule has 1 saturated carbocycles. The normalized spacial score (nSPS) is 22.6. The first-order chi connectivity index (χ1) is 8.81. The van der Waals surface area contributed by atoms with E-state index in [1.807, 2.05) is 6.07 Å². The van der Waals surface area contributed by atoms with E-state index in [1.54, 1.807) is 6.20 Å². The number of hydrogen-bond donors (Lipinski definition) is 1. The number of aliphatic hydroxyl groups excluding tert-OH is 1. The molecule has 3 nitrogen and oxygen atoms in total. The lowest BCUT2D eigenvalue weighted by Crippen LogP contribution is -2.38. The lowest BCUT2D eigenvalue weighted by molar-refractivity contribution is 0.226. The van der Waals surface area contributed by atoms with Crippen molar-refractivity contribution in [2.24, 2.45) is 5.41 Å². The average molecular weight is 246 g/mol. The quantitative estimate of drug-likeness (QED) is 0.871. The molecule has 0 bridgehead atoms. The molecule has 1 spiro atoms. The minimum atomic E-state index is 0.0334. The van der Waals surface area contributed by atoms with Gasteiger partial charge in [0.15, 0.2) is 0 Å². The van der Waals surface area contributed by atoms with Crippen LogP contribution in [0.2, 0.25) is 0 Å². The van der Waals surface area contributed by atoms with Crippen molar-refractivity contribution < 1.29 is 5.11 Å². The Hall–Kier alpha value is -1.09. The van der Waals surface area contributed by atoms with Crippen molar-refractivity contribution in [2.45, 2.75) is 45.1 Å². The van der Waals surface area contributed by atoms with Crippen LogP contribution in [0.1, 0.15) is 44.2 Å². The molecule has 3 rings (SSSR count). The zero-order valence-corrected chi connectivity index (χ0v) is 10.9. The van der Waals surface area contributed by atoms with Crippen LogP contribution < -0.4 is 4.90 Å². The molecule has 1 aromatic rings. The summed E-state index contributed by atoms with van der Waals surface area (Å²) in [5, 5.41) is 9.15. The maximum atomic E-state index is 9.15. The van der Waals surface area contributed by atoms with Gasteiger partial charge in [0.2, 0.25) is 0 Å². The van der Waals surface area contributed by atoms with Crippen molar-refractivity contribution in [3.63, 3.8) is 0 Å². The summed E-state index contributed by atoms with van der Waals surface area (Å²) < 4.78 is 0. The van der Waals surface area contributed by atoms with E-state index in [9.17, 15) is 0 Å². The highest BCUT2D eigenvalue weighted by molar-refractivity contribution is 5.47. The maximum Gasteiger partial charge on any atom is 0.0853 e. The fourth-order valence-corrected chi connectivity index (χ4v) is 3.61. The van der Waals surface area contributed by atoms with Crippen LogP contribution in [0.15, 0.2) is 18.3 Å². The molecule has 98 valence electrons. The molecule has 2 heterocycles. The zero-order chi connectivity index (χ0) is 12.4. The summed E-state index contributed by atoms with van der Waals surface area (Å²) in [6.07, 6.45) is 10.2. The van der Waals surface area contributed by atoms with Crippen LogP contribution in [-0.4, -0.2) is 23.2 Å². The minimum Gasteiger partial charge on any atom is -0.390 e. The number of pyridine rings is 1. The van der Waals surface area contributed by atoms with Crippen molar-refractivity contribution in [3.05, 3.63) is 24.0 Å². The Morgan fingerprint density at radius 2 is 1.89 bits per heavy atom. The van der Waals surface area contributed by atoms with E-state index in [-0.39, 0.29) is 6.61 Å². The van der Waals surface area contributed by atoms with E-state index in [1.165, 1.54) is 44.2 Å². The van der Waals surface area contributed by atoms with Crippen LogP contribution in [-0.2, 0) is 6.61 Å². The highest BCUT2D eigenvalue weighted by Gasteiger charge is 2.36. The third-order valence-corrected chi connectivity index (χ3v) is 4.82. The molecule has 2 aliphatic rings. The summed E-state index contributed by atoms with van der Waals surface area (Å²) >= 11 is 0. The Morgan fingerprint density at radius 1 is 1.17 bits per heavy atom. The number of piperidine rings is 1. The molecule has 3 heteroatoms. The van der Waals surface area contributed by atoms with Gasteiger partial charge in [-0.25, -0.2) is 0 Å². The number of hydrogen-bond acceptors (Lipinski definition) is 3. The Kier molecular flexibility index (Phi) is 3.25. The molecule has 0 unspecified atom stereocenters. The minimum absolute atomic E-state index is 0.0334. The van der Waals surface area contributed by atoms with E-state index >= 15 is 0 Å². The Morgan fingerprint density at radius 3 is 2.56 bits per heavy atom. The second-order valence-electron chi connectivity index (χ2n) is 5.86. The van der Waals surface area contributed by atoms with Gasteiger partial charge in [-0.15, -0.1) is 0 Å². The van der Waals surface area contributed by atoms with Crippen molar-refractivity contribution in [1.29, 1.82) is 0 Å². The second-order valence-corrected chi connectivity index (χ2v) is 5.86. The van der Waals surface area contributed by atoms with Gasteiger partial charge in [0, 0.05) is 25.0 Å². The van der Waals surface area contributed by atoms with Gasteiger partial charge >= 0.3 is 0 Å². The first kappa shape index (κ1) is 12.0. The van der Waals surface area contributed by atoms with Crippen molar-refractivity contribution >= 4 is 5.69 Å². The van der Waals surface area contributed by atoms with E-state index in [2.05, 4.69) is 16.0 Å². The molecular formula is C15H22N2O. The van der Waals surface area contributed by atoms with Crippen LogP contribution in [0.4, 0.5) is 5.69 Å². The molecule has 2 fully saturated rings. The number of anilines is 1. The van der Waals surface area contributed by atoms with E-state index in [0.29, 0.717) is 5.41 Å². The van der Waals surface area contributed by atoms with E-state index in [4.69, 9.17) is 5.11 Å². The van der Waals surface area contributed by atoms with Crippen LogP contribution in [0.5, 0.6) is 0 Å². The summed E-state index contributed by atoms with van der Waals surface area (Å²) in [7, 11) is 0. The number of aliphatic hydroxyl groups is 1. The summed E-state index contributed by atoms with van der Waals surface area (Å²) in [6.45, 7) is 2.36. The highest BCUT2D eigenvalue weighted by atomic mass is 16.3. The fraction of sp³-hybridized carbons (Fsp3) is 0.667. The van der Waals surface area contributed by atoms with Gasteiger partial charge in [0.25, 0.3) is 0 Å². The summed E-state index contributed by atoms with van der Waals surface area (Å²) in [5.41, 5.74) is 2.67. The van der Waals surface area contributed by atoms with Gasteiger partial charge in [0.1, 0.15) is 0 Å². The third kappa shape index (κ3) is 2.24. The number of nitrogens with zero attached hydrogens (tertiary/aromatic N) is 2. The lowest BCUT2D eigenvalue weighted by Gasteiger charge is -2.40. The Bertz CT molecular complexity index is 403. The monoisotopic (exact) mass is 246 g/mol. The third-order valence-electron chi connectivity index (χ3n) is 4.82. The summed E-state index contributed by atoms with van der Waals surface area (Å²) in [5.74, 6) is 0. The molecule has 1 aromatic heterocycles. The standard InChI is InChI=1S/C15H22N2O/c18-12-13-11-14(3-8-16-13)17-9-6-15(7-10-17)4-1-2-5-15/h3,8,11,18H,1-2,4-7,9-10,12H2. The molecular weight excluding hydrogens is 224 g/mol. The van der Waals surface area contributed by atoms with Gasteiger partial charge in [-0.3, -0.25) is 4.98 Å². The molecule has 1 aliphatic carbocycles. The van der Waals surface area contributed by atoms with Gasteiger partial charge in [0.05, 0.1) is 12.3 Å². The van der Waals surface area contributed by atoms with Crippen molar-refractivity contribution in [3.8, 4) is 0 Å². The predicted molar refractivity (Wildman–Crippen MR) is 72.5 cm³/mol. The first-order valence-electron chi connectivity index (χ1n) is 7.12. The van der Waals surface area contributed by atoms with Gasteiger partial charge in [-0.1, -0.05) is 12.8 Å². The summed E-state index contributed by atoms with van der Waals surface area (Å²) in [4.78, 5) is 6.60. The number of rotatable bonds is 2.